The fourth-order valence-electron chi connectivity index (χ4n) is 5.38. The first kappa shape index (κ1) is 17.9. The Labute approximate surface area is 155 Å². The molecule has 1 amide bonds. The van der Waals surface area contributed by atoms with Crippen LogP contribution >= 0.6 is 0 Å². The third-order valence-electron chi connectivity index (χ3n) is 7.02. The predicted molar refractivity (Wildman–Crippen MR) is 99.0 cm³/mol. The Morgan fingerprint density at radius 3 is 2.77 bits per heavy atom. The van der Waals surface area contributed by atoms with Crippen LogP contribution in [0.15, 0.2) is 12.3 Å². The van der Waals surface area contributed by atoms with E-state index in [0.717, 1.165) is 49.1 Å². The van der Waals surface area contributed by atoms with Gasteiger partial charge in [-0.15, -0.1) is 0 Å². The van der Waals surface area contributed by atoms with Gasteiger partial charge in [0.2, 0.25) is 0 Å². The molecule has 26 heavy (non-hydrogen) atoms. The summed E-state index contributed by atoms with van der Waals surface area (Å²) in [6.45, 7) is 4.20. The number of rotatable bonds is 4. The van der Waals surface area contributed by atoms with Crippen molar-refractivity contribution in [1.29, 1.82) is 0 Å². The third-order valence-corrected chi connectivity index (χ3v) is 7.02. The van der Waals surface area contributed by atoms with Crippen LogP contribution in [0.4, 0.5) is 0 Å². The van der Waals surface area contributed by atoms with E-state index in [9.17, 15) is 4.79 Å². The summed E-state index contributed by atoms with van der Waals surface area (Å²) in [5.74, 6) is 0.335. The number of likely N-dealkylation sites (N-methyl/N-ethyl adjacent to an activating group) is 1. The fourth-order valence-corrected chi connectivity index (χ4v) is 5.38. The summed E-state index contributed by atoms with van der Waals surface area (Å²) >= 11 is 0. The second kappa shape index (κ2) is 7.25. The Hall–Kier alpha value is -1.50. The van der Waals surface area contributed by atoms with Crippen LogP contribution < -0.4 is 5.48 Å². The quantitative estimate of drug-likeness (QED) is 0.638. The first-order chi connectivity index (χ1) is 12.6. The molecule has 6 nitrogen and oxygen atoms in total. The molecular weight excluding hydrogens is 328 g/mol. The Bertz CT molecular complexity index is 670. The van der Waals surface area contributed by atoms with Gasteiger partial charge in [-0.2, -0.15) is 0 Å². The maximum atomic E-state index is 11.7. The molecule has 2 atom stereocenters. The van der Waals surface area contributed by atoms with E-state index in [0.29, 0.717) is 17.6 Å². The average molecular weight is 358 g/mol. The number of nitrogens with zero attached hydrogens (tertiary/aromatic N) is 3. The molecule has 2 saturated heterocycles. The SMILES string of the molecule is CC[C@H]1Cc2ncc(C(=O)NO)cc2CN1C[C@H]1C2CCC(CC2)N1C. The highest BCUT2D eigenvalue weighted by Gasteiger charge is 2.41. The lowest BCUT2D eigenvalue weighted by molar-refractivity contribution is -0.0198. The molecule has 4 aliphatic rings. The number of aromatic nitrogens is 1. The van der Waals surface area contributed by atoms with Crippen molar-refractivity contribution in [2.75, 3.05) is 13.6 Å². The first-order valence-electron chi connectivity index (χ1n) is 9.99. The predicted octanol–water partition coefficient (Wildman–Crippen LogP) is 2.21. The van der Waals surface area contributed by atoms with Crippen LogP contribution in [0.3, 0.4) is 0 Å². The van der Waals surface area contributed by atoms with Gasteiger partial charge in [-0.3, -0.25) is 24.8 Å². The molecule has 2 N–H and O–H groups in total. The van der Waals surface area contributed by atoms with Gasteiger partial charge >= 0.3 is 0 Å². The summed E-state index contributed by atoms with van der Waals surface area (Å²) in [7, 11) is 2.31. The van der Waals surface area contributed by atoms with Crippen molar-refractivity contribution in [2.45, 2.75) is 70.1 Å². The minimum atomic E-state index is -0.492. The van der Waals surface area contributed by atoms with Crippen molar-refractivity contribution < 1.29 is 10.0 Å². The van der Waals surface area contributed by atoms with Crippen LogP contribution in [0.5, 0.6) is 0 Å². The topological polar surface area (TPSA) is 68.7 Å². The molecule has 3 aliphatic heterocycles. The second-order valence-electron chi connectivity index (χ2n) is 8.27. The number of fused-ring (bicyclic) bond motifs is 4. The zero-order chi connectivity index (χ0) is 18.3. The Morgan fingerprint density at radius 2 is 2.12 bits per heavy atom. The van der Waals surface area contributed by atoms with E-state index >= 15 is 0 Å². The van der Waals surface area contributed by atoms with Crippen LogP contribution in [0, 0.1) is 5.92 Å². The Morgan fingerprint density at radius 1 is 1.35 bits per heavy atom. The number of amides is 1. The number of hydrogen-bond acceptors (Lipinski definition) is 5. The van der Waals surface area contributed by atoms with Gasteiger partial charge in [0.1, 0.15) is 0 Å². The van der Waals surface area contributed by atoms with E-state index in [2.05, 4.69) is 28.8 Å². The van der Waals surface area contributed by atoms with Crippen molar-refractivity contribution in [3.63, 3.8) is 0 Å². The largest absolute Gasteiger partial charge is 0.299 e. The molecule has 1 aromatic heterocycles. The van der Waals surface area contributed by atoms with E-state index in [1.165, 1.54) is 25.7 Å². The van der Waals surface area contributed by atoms with E-state index < -0.39 is 5.91 Å². The third kappa shape index (κ3) is 3.15. The highest BCUT2D eigenvalue weighted by molar-refractivity contribution is 5.93. The number of carbonyl (C=O) groups excluding carboxylic acids is 1. The molecule has 5 rings (SSSR count). The molecule has 1 aromatic rings. The van der Waals surface area contributed by atoms with Gasteiger partial charge in [-0.05, 0) is 56.7 Å². The van der Waals surface area contributed by atoms with Crippen molar-refractivity contribution in [3.8, 4) is 0 Å². The number of hydroxylamine groups is 1. The Balaban J connectivity index is 1.54. The molecule has 1 saturated carbocycles. The molecule has 142 valence electrons. The highest BCUT2D eigenvalue weighted by Crippen LogP contribution is 2.39. The van der Waals surface area contributed by atoms with Gasteiger partial charge in [0.25, 0.3) is 5.91 Å². The molecule has 3 fully saturated rings. The Kier molecular flexibility index (Phi) is 4.99. The van der Waals surface area contributed by atoms with Crippen molar-refractivity contribution >= 4 is 5.91 Å². The number of nitrogens with one attached hydrogen (secondary N) is 1. The summed E-state index contributed by atoms with van der Waals surface area (Å²) in [5, 5.41) is 8.89. The standard InChI is InChI=1S/C20H30N4O2/c1-3-16-9-18-15(8-14(10-21-18)20(25)22-26)11-24(16)12-19-13-4-6-17(7-5-13)23(19)2/h8,10,13,16-17,19,26H,3-7,9,11-12H2,1-2H3,(H,22,25)/t13?,16-,17?,19-/m0/s1. The molecule has 0 unspecified atom stereocenters. The smallest absolute Gasteiger partial charge is 0.276 e. The lowest BCUT2D eigenvalue weighted by atomic mass is 9.74. The minimum Gasteiger partial charge on any atom is -0.299 e. The zero-order valence-electron chi connectivity index (χ0n) is 15.8. The van der Waals surface area contributed by atoms with Gasteiger partial charge in [0, 0.05) is 49.5 Å². The maximum Gasteiger partial charge on any atom is 0.276 e. The minimum absolute atomic E-state index is 0.426. The second-order valence-corrected chi connectivity index (χ2v) is 8.27. The summed E-state index contributed by atoms with van der Waals surface area (Å²) in [5.41, 5.74) is 4.36. The highest BCUT2D eigenvalue weighted by atomic mass is 16.5. The summed E-state index contributed by atoms with van der Waals surface area (Å²) in [6, 6.07) is 3.82. The van der Waals surface area contributed by atoms with E-state index in [1.54, 1.807) is 11.7 Å². The molecule has 0 radical (unpaired) electrons. The lowest BCUT2D eigenvalue weighted by Gasteiger charge is -2.52. The summed E-state index contributed by atoms with van der Waals surface area (Å²) < 4.78 is 0. The zero-order valence-corrected chi connectivity index (χ0v) is 15.8. The van der Waals surface area contributed by atoms with E-state index in [4.69, 9.17) is 5.21 Å². The molecule has 0 aromatic carbocycles. The molecule has 0 spiro atoms. The van der Waals surface area contributed by atoms with Crippen molar-refractivity contribution in [1.82, 2.24) is 20.3 Å². The first-order valence-corrected chi connectivity index (χ1v) is 9.99. The lowest BCUT2D eigenvalue weighted by Crippen LogP contribution is -2.58. The van der Waals surface area contributed by atoms with Crippen molar-refractivity contribution in [3.05, 3.63) is 29.1 Å². The van der Waals surface area contributed by atoms with Crippen LogP contribution in [0.25, 0.3) is 0 Å². The summed E-state index contributed by atoms with van der Waals surface area (Å²) in [6.07, 6.45) is 9.11. The van der Waals surface area contributed by atoms with E-state index in [1.807, 2.05) is 6.07 Å². The van der Waals surface area contributed by atoms with Crippen LogP contribution in [-0.4, -0.2) is 57.6 Å². The maximum absolute atomic E-state index is 11.7. The fraction of sp³-hybridized carbons (Fsp3) is 0.700. The van der Waals surface area contributed by atoms with Gasteiger partial charge in [-0.25, -0.2) is 5.48 Å². The van der Waals surface area contributed by atoms with Crippen LogP contribution in [0.2, 0.25) is 0 Å². The van der Waals surface area contributed by atoms with Crippen LogP contribution in [-0.2, 0) is 13.0 Å². The molecular formula is C20H30N4O2. The number of carbonyl (C=O) groups is 1. The number of piperidine rings is 2. The number of pyridine rings is 1. The summed E-state index contributed by atoms with van der Waals surface area (Å²) in [4.78, 5) is 21.5. The molecule has 4 heterocycles. The average Bonchev–Trinajstić information content (AvgIpc) is 2.69. The van der Waals surface area contributed by atoms with Gasteiger partial charge in [0.15, 0.2) is 0 Å². The molecule has 6 heteroatoms. The number of hydrogen-bond donors (Lipinski definition) is 2. The van der Waals surface area contributed by atoms with Gasteiger partial charge in [0.05, 0.1) is 5.56 Å². The van der Waals surface area contributed by atoms with Crippen molar-refractivity contribution in [2.24, 2.45) is 5.92 Å². The molecule has 2 bridgehead atoms. The monoisotopic (exact) mass is 358 g/mol. The van der Waals surface area contributed by atoms with Crippen LogP contribution in [0.1, 0.15) is 60.6 Å². The van der Waals surface area contributed by atoms with Gasteiger partial charge < -0.3 is 0 Å². The van der Waals surface area contributed by atoms with E-state index in [-0.39, 0.29) is 0 Å². The van der Waals surface area contributed by atoms with Gasteiger partial charge in [-0.1, -0.05) is 6.92 Å². The molecule has 1 aliphatic carbocycles. The normalized spacial score (nSPS) is 31.7.